The number of anilines is 2. The first-order chi connectivity index (χ1) is 15.0. The maximum Gasteiger partial charge on any atom is 0.321 e. The van der Waals surface area contributed by atoms with E-state index in [1.165, 1.54) is 5.69 Å². The van der Waals surface area contributed by atoms with Gasteiger partial charge >= 0.3 is 6.03 Å². The van der Waals surface area contributed by atoms with Gasteiger partial charge in [-0.1, -0.05) is 0 Å². The van der Waals surface area contributed by atoms with Crippen molar-refractivity contribution in [1.29, 1.82) is 0 Å². The Hall–Kier alpha value is -3.36. The molecule has 164 valence electrons. The van der Waals surface area contributed by atoms with Crippen LogP contribution in [-0.4, -0.2) is 50.0 Å². The van der Waals surface area contributed by atoms with Crippen LogP contribution in [-0.2, 0) is 13.5 Å². The molecule has 2 amide bonds. The molecule has 4 rings (SSSR count). The number of aromatic nitrogens is 5. The van der Waals surface area contributed by atoms with Crippen LogP contribution in [0.2, 0.25) is 0 Å². The minimum absolute atomic E-state index is 0.224. The summed E-state index contributed by atoms with van der Waals surface area (Å²) in [7, 11) is 1.95. The molecule has 1 saturated heterocycles. The standard InChI is InChI=1S/C22H30N8O/c1-4-23-22(31)27-21-24-15-18(28(21)3)14-17-8-12-29(13-9-17)19-6-7-20(26-16(19)2)30-11-5-10-25-30/h5-7,10-11,15,17H,4,8-9,12-14H2,1-3H3,(H2,23,24,27,31). The van der Waals surface area contributed by atoms with E-state index >= 15 is 0 Å². The highest BCUT2D eigenvalue weighted by Crippen LogP contribution is 2.28. The van der Waals surface area contributed by atoms with Crippen LogP contribution in [0.1, 0.15) is 31.2 Å². The Balaban J connectivity index is 1.34. The Morgan fingerprint density at radius 1 is 1.26 bits per heavy atom. The molecule has 9 nitrogen and oxygen atoms in total. The van der Waals surface area contributed by atoms with Crippen LogP contribution >= 0.6 is 0 Å². The molecule has 1 aliphatic heterocycles. The van der Waals surface area contributed by atoms with E-state index in [0.717, 1.165) is 49.6 Å². The zero-order valence-corrected chi connectivity index (χ0v) is 18.4. The van der Waals surface area contributed by atoms with E-state index in [-0.39, 0.29) is 6.03 Å². The third-order valence-electron chi connectivity index (χ3n) is 5.88. The number of nitrogens with one attached hydrogen (secondary N) is 2. The van der Waals surface area contributed by atoms with E-state index in [4.69, 9.17) is 4.98 Å². The van der Waals surface area contributed by atoms with Gasteiger partial charge in [-0.25, -0.2) is 19.4 Å². The second-order valence-electron chi connectivity index (χ2n) is 7.98. The van der Waals surface area contributed by atoms with Crippen molar-refractivity contribution >= 4 is 17.7 Å². The molecular weight excluding hydrogens is 392 g/mol. The molecule has 9 heteroatoms. The molecule has 0 spiro atoms. The van der Waals surface area contributed by atoms with E-state index in [1.54, 1.807) is 10.9 Å². The number of urea groups is 1. The first kappa shape index (κ1) is 20.9. The van der Waals surface area contributed by atoms with Gasteiger partial charge in [-0.3, -0.25) is 5.32 Å². The summed E-state index contributed by atoms with van der Waals surface area (Å²) in [6.07, 6.45) is 8.73. The molecular formula is C22H30N8O. The average molecular weight is 423 g/mol. The van der Waals surface area contributed by atoms with Gasteiger partial charge in [-0.15, -0.1) is 0 Å². The van der Waals surface area contributed by atoms with Gasteiger partial charge in [-0.2, -0.15) is 5.10 Å². The number of nitrogens with zero attached hydrogens (tertiary/aromatic N) is 6. The second-order valence-corrected chi connectivity index (χ2v) is 7.98. The van der Waals surface area contributed by atoms with Crippen molar-refractivity contribution in [1.82, 2.24) is 29.6 Å². The number of hydrogen-bond donors (Lipinski definition) is 2. The molecule has 0 unspecified atom stereocenters. The third-order valence-corrected chi connectivity index (χ3v) is 5.88. The Bertz CT molecular complexity index is 1020. The zero-order chi connectivity index (χ0) is 21.8. The highest BCUT2D eigenvalue weighted by atomic mass is 16.2. The number of aryl methyl sites for hydroxylation is 1. The van der Waals surface area contributed by atoms with Crippen molar-refractivity contribution < 1.29 is 4.79 Å². The molecule has 4 heterocycles. The van der Waals surface area contributed by atoms with Crippen molar-refractivity contribution in [2.75, 3.05) is 29.9 Å². The molecule has 2 N–H and O–H groups in total. The summed E-state index contributed by atoms with van der Waals surface area (Å²) in [5, 5.41) is 9.79. The summed E-state index contributed by atoms with van der Waals surface area (Å²) in [5.41, 5.74) is 3.37. The maximum absolute atomic E-state index is 11.8. The average Bonchev–Trinajstić information content (AvgIpc) is 3.41. The van der Waals surface area contributed by atoms with Gasteiger partial charge in [0.05, 0.1) is 17.6 Å². The van der Waals surface area contributed by atoms with Crippen LogP contribution < -0.4 is 15.5 Å². The molecule has 0 atom stereocenters. The van der Waals surface area contributed by atoms with Crippen LogP contribution in [0.15, 0.2) is 36.8 Å². The van der Waals surface area contributed by atoms with Gasteiger partial charge in [0.25, 0.3) is 0 Å². The number of hydrogen-bond acceptors (Lipinski definition) is 5. The van der Waals surface area contributed by atoms with Gasteiger partial charge in [0, 0.05) is 44.8 Å². The lowest BCUT2D eigenvalue weighted by Crippen LogP contribution is -2.35. The minimum atomic E-state index is -0.224. The number of piperidine rings is 1. The van der Waals surface area contributed by atoms with E-state index < -0.39 is 0 Å². The summed E-state index contributed by atoms with van der Waals surface area (Å²) in [5.74, 6) is 2.02. The number of pyridine rings is 1. The van der Waals surface area contributed by atoms with E-state index in [9.17, 15) is 4.79 Å². The minimum Gasteiger partial charge on any atom is -0.370 e. The van der Waals surface area contributed by atoms with Gasteiger partial charge in [0.15, 0.2) is 5.82 Å². The lowest BCUT2D eigenvalue weighted by atomic mass is 9.92. The highest BCUT2D eigenvalue weighted by molar-refractivity contribution is 5.87. The summed E-state index contributed by atoms with van der Waals surface area (Å²) < 4.78 is 3.76. The lowest BCUT2D eigenvalue weighted by molar-refractivity contribution is 0.252. The second kappa shape index (κ2) is 9.20. The molecule has 0 aliphatic carbocycles. The molecule has 0 bridgehead atoms. The van der Waals surface area contributed by atoms with Crippen LogP contribution in [0, 0.1) is 12.8 Å². The number of amides is 2. The summed E-state index contributed by atoms with van der Waals surface area (Å²) in [6.45, 7) is 6.56. The fourth-order valence-corrected chi connectivity index (χ4v) is 4.14. The number of imidazole rings is 1. The fourth-order valence-electron chi connectivity index (χ4n) is 4.14. The number of carbonyl (C=O) groups is 1. The SMILES string of the molecule is CCNC(=O)Nc1ncc(CC2CCN(c3ccc(-n4cccn4)nc3C)CC2)n1C. The molecule has 31 heavy (non-hydrogen) atoms. The van der Waals surface area contributed by atoms with Gasteiger partial charge in [0.2, 0.25) is 5.95 Å². The molecule has 1 aliphatic rings. The van der Waals surface area contributed by atoms with E-state index in [1.807, 2.05) is 43.1 Å². The quantitative estimate of drug-likeness (QED) is 0.637. The van der Waals surface area contributed by atoms with Crippen molar-refractivity contribution in [3.05, 3.63) is 48.2 Å². The zero-order valence-electron chi connectivity index (χ0n) is 18.4. The van der Waals surface area contributed by atoms with Crippen LogP contribution in [0.3, 0.4) is 0 Å². The van der Waals surface area contributed by atoms with Crippen molar-refractivity contribution in [3.63, 3.8) is 0 Å². The molecule has 0 radical (unpaired) electrons. The van der Waals surface area contributed by atoms with Crippen LogP contribution in [0.4, 0.5) is 16.4 Å². The van der Waals surface area contributed by atoms with E-state index in [2.05, 4.69) is 38.6 Å². The predicted molar refractivity (Wildman–Crippen MR) is 121 cm³/mol. The molecule has 3 aromatic rings. The molecule has 1 fully saturated rings. The number of carbonyl (C=O) groups excluding carboxylic acids is 1. The Kier molecular flexibility index (Phi) is 6.20. The monoisotopic (exact) mass is 422 g/mol. The van der Waals surface area contributed by atoms with Gasteiger partial charge < -0.3 is 14.8 Å². The normalized spacial score (nSPS) is 14.6. The number of rotatable bonds is 6. The van der Waals surface area contributed by atoms with Gasteiger partial charge in [-0.05, 0) is 57.2 Å². The first-order valence-electron chi connectivity index (χ1n) is 10.8. The summed E-state index contributed by atoms with van der Waals surface area (Å²) in [4.78, 5) is 23.3. The molecule has 0 aromatic carbocycles. The largest absolute Gasteiger partial charge is 0.370 e. The maximum atomic E-state index is 11.8. The Morgan fingerprint density at radius 2 is 2.06 bits per heavy atom. The molecule has 0 saturated carbocycles. The van der Waals surface area contributed by atoms with Crippen LogP contribution in [0.5, 0.6) is 0 Å². The van der Waals surface area contributed by atoms with Crippen molar-refractivity contribution in [2.45, 2.75) is 33.1 Å². The first-order valence-corrected chi connectivity index (χ1v) is 10.8. The fraction of sp³-hybridized carbons (Fsp3) is 0.455. The highest BCUT2D eigenvalue weighted by Gasteiger charge is 2.23. The predicted octanol–water partition coefficient (Wildman–Crippen LogP) is 2.91. The topological polar surface area (TPSA) is 92.9 Å². The lowest BCUT2D eigenvalue weighted by Gasteiger charge is -2.34. The van der Waals surface area contributed by atoms with Crippen LogP contribution in [0.25, 0.3) is 5.82 Å². The smallest absolute Gasteiger partial charge is 0.321 e. The third kappa shape index (κ3) is 4.70. The molecule has 3 aromatic heterocycles. The van der Waals surface area contributed by atoms with Crippen molar-refractivity contribution in [2.24, 2.45) is 13.0 Å². The Labute approximate surface area is 182 Å². The van der Waals surface area contributed by atoms with Crippen molar-refractivity contribution in [3.8, 4) is 5.82 Å². The van der Waals surface area contributed by atoms with Gasteiger partial charge in [0.1, 0.15) is 0 Å². The Morgan fingerprint density at radius 3 is 2.74 bits per heavy atom. The van der Waals surface area contributed by atoms with E-state index in [0.29, 0.717) is 18.4 Å². The summed E-state index contributed by atoms with van der Waals surface area (Å²) in [6, 6.07) is 5.86. The summed E-state index contributed by atoms with van der Waals surface area (Å²) >= 11 is 0.